The number of aliphatic hydroxyl groups excluding tert-OH is 1. The second kappa shape index (κ2) is 4.77. The first-order valence-electron chi connectivity index (χ1n) is 5.62. The van der Waals surface area contributed by atoms with Gasteiger partial charge in [-0.1, -0.05) is 12.1 Å². The van der Waals surface area contributed by atoms with Gasteiger partial charge >= 0.3 is 0 Å². The topological polar surface area (TPSA) is 49.5 Å². The molecule has 0 aliphatic carbocycles. The molecule has 1 aromatic rings. The number of hydrogen-bond acceptors (Lipinski definition) is 4. The maximum atomic E-state index is 8.91. The van der Waals surface area contributed by atoms with Gasteiger partial charge in [0.15, 0.2) is 0 Å². The van der Waals surface area contributed by atoms with Crippen molar-refractivity contribution in [3.8, 4) is 0 Å². The zero-order chi connectivity index (χ0) is 10.7. The lowest BCUT2D eigenvalue weighted by Gasteiger charge is -2.30. The number of likely N-dealkylation sites (N-methyl/N-ethyl adjacent to an activating group) is 1. The van der Waals surface area contributed by atoms with Gasteiger partial charge in [0, 0.05) is 18.5 Å². The van der Waals surface area contributed by atoms with E-state index in [0.717, 1.165) is 25.3 Å². The molecule has 0 spiro atoms. The van der Waals surface area contributed by atoms with E-state index in [1.54, 1.807) is 0 Å². The van der Waals surface area contributed by atoms with Crippen LogP contribution in [0.2, 0.25) is 0 Å². The average Bonchev–Trinajstić information content (AvgIpc) is 2.78. The minimum atomic E-state index is -0.0340. The quantitative estimate of drug-likeness (QED) is 0.818. The number of rotatable bonds is 3. The molecule has 15 heavy (non-hydrogen) atoms. The van der Waals surface area contributed by atoms with Crippen LogP contribution in [-0.2, 0) is 6.61 Å². The van der Waals surface area contributed by atoms with Gasteiger partial charge in [0.05, 0.1) is 6.61 Å². The normalized spacial score (nSPS) is 23.2. The molecule has 1 aliphatic heterocycles. The molecular weight excluding hydrogens is 192 g/mol. The highest BCUT2D eigenvalue weighted by atomic mass is 16.5. The second-order valence-electron chi connectivity index (χ2n) is 4.11. The molecule has 1 unspecified atom stereocenters. The molecular formula is C11H18N2O2. The fourth-order valence-electron chi connectivity index (χ4n) is 2.17. The molecule has 2 heterocycles. The monoisotopic (exact) mass is 210 g/mol. The Hall–Kier alpha value is -0.870. The molecule has 1 aromatic heterocycles. The predicted molar refractivity (Wildman–Crippen MR) is 56.5 cm³/mol. The molecule has 1 fully saturated rings. The number of nitrogens with zero attached hydrogens (tertiary/aromatic N) is 2. The van der Waals surface area contributed by atoms with Gasteiger partial charge in [0.25, 0.3) is 0 Å². The lowest BCUT2D eigenvalue weighted by atomic mass is 9.95. The van der Waals surface area contributed by atoms with Crippen molar-refractivity contribution in [1.29, 1.82) is 0 Å². The van der Waals surface area contributed by atoms with E-state index in [-0.39, 0.29) is 6.61 Å². The third kappa shape index (κ3) is 2.38. The highest BCUT2D eigenvalue weighted by molar-refractivity contribution is 5.10. The van der Waals surface area contributed by atoms with Gasteiger partial charge in [-0.05, 0) is 25.9 Å². The van der Waals surface area contributed by atoms with E-state index in [4.69, 9.17) is 9.63 Å². The summed E-state index contributed by atoms with van der Waals surface area (Å²) in [7, 11) is 0. The molecule has 1 aliphatic rings. The molecule has 0 bridgehead atoms. The molecule has 0 aromatic carbocycles. The van der Waals surface area contributed by atoms with Gasteiger partial charge in [0.2, 0.25) is 0 Å². The molecule has 4 heteroatoms. The van der Waals surface area contributed by atoms with Gasteiger partial charge in [-0.25, -0.2) is 0 Å². The van der Waals surface area contributed by atoms with Crippen molar-refractivity contribution in [3.05, 3.63) is 17.5 Å². The fourth-order valence-corrected chi connectivity index (χ4v) is 2.17. The molecule has 1 saturated heterocycles. The van der Waals surface area contributed by atoms with E-state index < -0.39 is 0 Å². The van der Waals surface area contributed by atoms with Crippen LogP contribution in [-0.4, -0.2) is 34.8 Å². The summed E-state index contributed by atoms with van der Waals surface area (Å²) >= 11 is 0. The van der Waals surface area contributed by atoms with Gasteiger partial charge in [-0.3, -0.25) is 0 Å². The van der Waals surface area contributed by atoms with Gasteiger partial charge in [0.1, 0.15) is 11.5 Å². The molecule has 1 N–H and O–H groups in total. The summed E-state index contributed by atoms with van der Waals surface area (Å²) in [5, 5.41) is 12.7. The first-order chi connectivity index (χ1) is 7.33. The van der Waals surface area contributed by atoms with Crippen LogP contribution < -0.4 is 0 Å². The number of likely N-dealkylation sites (tertiary alicyclic amines) is 1. The lowest BCUT2D eigenvalue weighted by Crippen LogP contribution is -2.33. The van der Waals surface area contributed by atoms with E-state index >= 15 is 0 Å². The van der Waals surface area contributed by atoms with Crippen LogP contribution in [0.3, 0.4) is 0 Å². The molecule has 2 rings (SSSR count). The van der Waals surface area contributed by atoms with Crippen LogP contribution in [0.4, 0.5) is 0 Å². The Bertz CT molecular complexity index is 311. The molecule has 0 saturated carbocycles. The molecule has 84 valence electrons. The third-order valence-corrected chi connectivity index (χ3v) is 3.09. The SMILES string of the molecule is CCN1CCCC(c2cc(CO)no2)C1. The van der Waals surface area contributed by atoms with Crippen molar-refractivity contribution < 1.29 is 9.63 Å². The Morgan fingerprint density at radius 1 is 1.67 bits per heavy atom. The average molecular weight is 210 g/mol. The van der Waals surface area contributed by atoms with Crippen molar-refractivity contribution >= 4 is 0 Å². The predicted octanol–water partition coefficient (Wildman–Crippen LogP) is 1.37. The summed E-state index contributed by atoms with van der Waals surface area (Å²) < 4.78 is 5.25. The maximum absolute atomic E-state index is 8.91. The highest BCUT2D eigenvalue weighted by Crippen LogP contribution is 2.27. The second-order valence-corrected chi connectivity index (χ2v) is 4.11. The Balaban J connectivity index is 2.03. The Kier molecular flexibility index (Phi) is 3.38. The molecule has 4 nitrogen and oxygen atoms in total. The number of aliphatic hydroxyl groups is 1. The van der Waals surface area contributed by atoms with E-state index in [1.807, 2.05) is 6.07 Å². The first-order valence-corrected chi connectivity index (χ1v) is 5.62. The van der Waals surface area contributed by atoms with Crippen molar-refractivity contribution in [2.75, 3.05) is 19.6 Å². The Labute approximate surface area is 89.9 Å². The van der Waals surface area contributed by atoms with Gasteiger partial charge in [-0.2, -0.15) is 0 Å². The van der Waals surface area contributed by atoms with E-state index in [1.165, 1.54) is 13.0 Å². The summed E-state index contributed by atoms with van der Waals surface area (Å²) in [5.41, 5.74) is 0.638. The Morgan fingerprint density at radius 2 is 2.53 bits per heavy atom. The smallest absolute Gasteiger partial charge is 0.141 e. The van der Waals surface area contributed by atoms with E-state index in [2.05, 4.69) is 17.0 Å². The largest absolute Gasteiger partial charge is 0.390 e. The van der Waals surface area contributed by atoms with Crippen molar-refractivity contribution in [2.45, 2.75) is 32.3 Å². The van der Waals surface area contributed by atoms with Crippen LogP contribution in [0.5, 0.6) is 0 Å². The van der Waals surface area contributed by atoms with Crippen LogP contribution in [0.15, 0.2) is 10.6 Å². The van der Waals surface area contributed by atoms with Crippen molar-refractivity contribution in [3.63, 3.8) is 0 Å². The highest BCUT2D eigenvalue weighted by Gasteiger charge is 2.23. The van der Waals surface area contributed by atoms with Crippen LogP contribution in [0.25, 0.3) is 0 Å². The van der Waals surface area contributed by atoms with Gasteiger partial charge in [-0.15, -0.1) is 0 Å². The third-order valence-electron chi connectivity index (χ3n) is 3.09. The van der Waals surface area contributed by atoms with Crippen LogP contribution in [0.1, 0.15) is 37.1 Å². The zero-order valence-electron chi connectivity index (χ0n) is 9.15. The maximum Gasteiger partial charge on any atom is 0.141 e. The standard InChI is InChI=1S/C11H18N2O2/c1-2-13-5-3-4-9(7-13)11-6-10(8-14)12-15-11/h6,9,14H,2-5,7-8H2,1H3. The van der Waals surface area contributed by atoms with Crippen molar-refractivity contribution in [1.82, 2.24) is 10.1 Å². The number of piperidine rings is 1. The summed E-state index contributed by atoms with van der Waals surface area (Å²) in [5.74, 6) is 1.38. The lowest BCUT2D eigenvalue weighted by molar-refractivity contribution is 0.197. The number of aromatic nitrogens is 1. The number of hydrogen-bond donors (Lipinski definition) is 1. The molecule has 0 amide bonds. The van der Waals surface area contributed by atoms with Gasteiger partial charge < -0.3 is 14.5 Å². The Morgan fingerprint density at radius 3 is 3.20 bits per heavy atom. The van der Waals surface area contributed by atoms with Crippen molar-refractivity contribution in [2.24, 2.45) is 0 Å². The summed E-state index contributed by atoms with van der Waals surface area (Å²) in [4.78, 5) is 2.43. The summed E-state index contributed by atoms with van der Waals surface area (Å²) in [6.07, 6.45) is 2.38. The van der Waals surface area contributed by atoms with E-state index in [9.17, 15) is 0 Å². The minimum Gasteiger partial charge on any atom is -0.390 e. The fraction of sp³-hybridized carbons (Fsp3) is 0.727. The van der Waals surface area contributed by atoms with Crippen LogP contribution >= 0.6 is 0 Å². The summed E-state index contributed by atoms with van der Waals surface area (Å²) in [6, 6.07) is 1.88. The summed E-state index contributed by atoms with van der Waals surface area (Å²) in [6.45, 7) is 5.48. The van der Waals surface area contributed by atoms with E-state index in [0.29, 0.717) is 11.6 Å². The molecule has 0 radical (unpaired) electrons. The molecule has 1 atom stereocenters. The first kappa shape index (κ1) is 10.6. The van der Waals surface area contributed by atoms with Crippen LogP contribution in [0, 0.1) is 0 Å². The minimum absolute atomic E-state index is 0.0340. The zero-order valence-corrected chi connectivity index (χ0v) is 9.15.